The Morgan fingerprint density at radius 3 is 2.50 bits per heavy atom. The molecule has 0 heterocycles. The third kappa shape index (κ3) is 5.04. The lowest BCUT2D eigenvalue weighted by Gasteiger charge is -2.19. The predicted octanol–water partition coefficient (Wildman–Crippen LogP) is 1.65. The molecule has 1 rings (SSSR count). The molecule has 0 saturated carbocycles. The summed E-state index contributed by atoms with van der Waals surface area (Å²) in [5.74, 6) is -0.143. The van der Waals surface area contributed by atoms with Gasteiger partial charge in [-0.25, -0.2) is 0 Å². The van der Waals surface area contributed by atoms with Gasteiger partial charge in [-0.3, -0.25) is 4.79 Å². The molecule has 0 aromatic heterocycles. The van der Waals surface area contributed by atoms with E-state index in [-0.39, 0.29) is 24.4 Å². The van der Waals surface area contributed by atoms with Gasteiger partial charge >= 0.3 is 0 Å². The van der Waals surface area contributed by atoms with Gasteiger partial charge in [-0.2, -0.15) is 0 Å². The number of ether oxygens (including phenoxy) is 1. The van der Waals surface area contributed by atoms with E-state index in [1.807, 2.05) is 44.2 Å². The monoisotopic (exact) mass is 272 g/mol. The SMILES string of the molecule is CCOC(C(=O)N[C@@H](C)CN)c1ccccc1.Cl. The summed E-state index contributed by atoms with van der Waals surface area (Å²) in [5.41, 5.74) is 6.34. The zero-order valence-corrected chi connectivity index (χ0v) is 11.6. The summed E-state index contributed by atoms with van der Waals surface area (Å²) in [6, 6.07) is 9.41. The lowest BCUT2D eigenvalue weighted by Crippen LogP contribution is -2.41. The van der Waals surface area contributed by atoms with Gasteiger partial charge in [-0.1, -0.05) is 30.3 Å². The number of rotatable bonds is 6. The minimum Gasteiger partial charge on any atom is -0.364 e. The molecule has 1 aromatic rings. The van der Waals surface area contributed by atoms with Gasteiger partial charge in [0.25, 0.3) is 5.91 Å². The summed E-state index contributed by atoms with van der Waals surface area (Å²) in [5, 5.41) is 2.82. The van der Waals surface area contributed by atoms with Gasteiger partial charge in [-0.05, 0) is 19.4 Å². The van der Waals surface area contributed by atoms with E-state index in [0.29, 0.717) is 13.2 Å². The van der Waals surface area contributed by atoms with Gasteiger partial charge in [-0.15, -0.1) is 12.4 Å². The average Bonchev–Trinajstić information content (AvgIpc) is 2.36. The van der Waals surface area contributed by atoms with Crippen molar-refractivity contribution in [3.63, 3.8) is 0 Å². The summed E-state index contributed by atoms with van der Waals surface area (Å²) in [4.78, 5) is 12.0. The van der Waals surface area contributed by atoms with Crippen LogP contribution < -0.4 is 11.1 Å². The van der Waals surface area contributed by atoms with Crippen LogP contribution in [-0.2, 0) is 9.53 Å². The molecule has 0 saturated heterocycles. The zero-order chi connectivity index (χ0) is 12.7. The van der Waals surface area contributed by atoms with Crippen molar-refractivity contribution >= 4 is 18.3 Å². The number of carbonyl (C=O) groups excluding carboxylic acids is 1. The van der Waals surface area contributed by atoms with Crippen molar-refractivity contribution in [1.82, 2.24) is 5.32 Å². The largest absolute Gasteiger partial charge is 0.364 e. The van der Waals surface area contributed by atoms with Crippen molar-refractivity contribution in [3.8, 4) is 0 Å². The molecule has 3 N–H and O–H groups in total. The van der Waals surface area contributed by atoms with Crippen LogP contribution in [0, 0.1) is 0 Å². The van der Waals surface area contributed by atoms with Crippen molar-refractivity contribution in [2.45, 2.75) is 26.0 Å². The zero-order valence-electron chi connectivity index (χ0n) is 10.8. The molecule has 1 aromatic carbocycles. The number of hydrogen-bond donors (Lipinski definition) is 2. The van der Waals surface area contributed by atoms with E-state index in [1.165, 1.54) is 0 Å². The average molecular weight is 273 g/mol. The molecule has 0 aliphatic carbocycles. The molecule has 5 heteroatoms. The fourth-order valence-electron chi connectivity index (χ4n) is 1.50. The van der Waals surface area contributed by atoms with E-state index < -0.39 is 6.10 Å². The highest BCUT2D eigenvalue weighted by molar-refractivity contribution is 5.85. The normalized spacial score (nSPS) is 13.3. The molecule has 102 valence electrons. The molecule has 0 radical (unpaired) electrons. The first kappa shape index (κ1) is 16.9. The lowest BCUT2D eigenvalue weighted by atomic mass is 10.1. The van der Waals surface area contributed by atoms with Crippen molar-refractivity contribution in [2.24, 2.45) is 5.73 Å². The quantitative estimate of drug-likeness (QED) is 0.828. The van der Waals surface area contributed by atoms with E-state index in [2.05, 4.69) is 5.32 Å². The van der Waals surface area contributed by atoms with E-state index in [4.69, 9.17) is 10.5 Å². The van der Waals surface area contributed by atoms with Crippen LogP contribution in [0.15, 0.2) is 30.3 Å². The number of benzene rings is 1. The van der Waals surface area contributed by atoms with Gasteiger partial charge in [0.15, 0.2) is 6.10 Å². The number of amides is 1. The molecule has 0 aliphatic heterocycles. The summed E-state index contributed by atoms with van der Waals surface area (Å²) >= 11 is 0. The Kier molecular flexibility index (Phi) is 8.37. The van der Waals surface area contributed by atoms with Crippen LogP contribution >= 0.6 is 12.4 Å². The number of halogens is 1. The van der Waals surface area contributed by atoms with Crippen LogP contribution in [0.5, 0.6) is 0 Å². The van der Waals surface area contributed by atoms with Gasteiger partial charge in [0.2, 0.25) is 0 Å². The number of hydrogen-bond acceptors (Lipinski definition) is 3. The molecule has 18 heavy (non-hydrogen) atoms. The number of nitrogens with one attached hydrogen (secondary N) is 1. The van der Waals surface area contributed by atoms with Crippen LogP contribution in [-0.4, -0.2) is 25.1 Å². The second-order valence-corrected chi connectivity index (χ2v) is 3.89. The Hall–Kier alpha value is -1.10. The van der Waals surface area contributed by atoms with Crippen LogP contribution in [0.25, 0.3) is 0 Å². The van der Waals surface area contributed by atoms with Crippen molar-refractivity contribution in [2.75, 3.05) is 13.2 Å². The predicted molar refractivity (Wildman–Crippen MR) is 74.7 cm³/mol. The highest BCUT2D eigenvalue weighted by Gasteiger charge is 2.21. The van der Waals surface area contributed by atoms with E-state index >= 15 is 0 Å². The molecular weight excluding hydrogens is 252 g/mol. The summed E-state index contributed by atoms with van der Waals surface area (Å²) in [6.07, 6.45) is -0.560. The molecule has 0 spiro atoms. The van der Waals surface area contributed by atoms with Crippen molar-refractivity contribution < 1.29 is 9.53 Å². The highest BCUT2D eigenvalue weighted by Crippen LogP contribution is 2.17. The molecule has 1 unspecified atom stereocenters. The molecular formula is C13H21ClN2O2. The minimum atomic E-state index is -0.560. The third-order valence-electron chi connectivity index (χ3n) is 2.42. The van der Waals surface area contributed by atoms with E-state index in [1.54, 1.807) is 0 Å². The van der Waals surface area contributed by atoms with Gasteiger partial charge < -0.3 is 15.8 Å². The molecule has 0 bridgehead atoms. The van der Waals surface area contributed by atoms with Crippen molar-refractivity contribution in [1.29, 1.82) is 0 Å². The Balaban J connectivity index is 0.00000289. The summed E-state index contributed by atoms with van der Waals surface area (Å²) in [7, 11) is 0. The summed E-state index contributed by atoms with van der Waals surface area (Å²) < 4.78 is 5.48. The number of carbonyl (C=O) groups is 1. The standard InChI is InChI=1S/C13H20N2O2.ClH/c1-3-17-12(11-7-5-4-6-8-11)13(16)15-10(2)9-14;/h4-8,10,12H,3,9,14H2,1-2H3,(H,15,16);1H/t10-,12?;/m0./s1. The van der Waals surface area contributed by atoms with Crippen LogP contribution in [0.1, 0.15) is 25.5 Å². The Morgan fingerprint density at radius 1 is 1.39 bits per heavy atom. The first-order chi connectivity index (χ1) is 8.19. The maximum Gasteiger partial charge on any atom is 0.254 e. The van der Waals surface area contributed by atoms with Crippen molar-refractivity contribution in [3.05, 3.63) is 35.9 Å². The topological polar surface area (TPSA) is 64.3 Å². The molecule has 4 nitrogen and oxygen atoms in total. The number of nitrogens with two attached hydrogens (primary N) is 1. The lowest BCUT2D eigenvalue weighted by molar-refractivity contribution is -0.133. The molecule has 0 aliphatic rings. The fourth-order valence-corrected chi connectivity index (χ4v) is 1.50. The Morgan fingerprint density at radius 2 is 2.00 bits per heavy atom. The van der Waals surface area contributed by atoms with Crippen LogP contribution in [0.3, 0.4) is 0 Å². The smallest absolute Gasteiger partial charge is 0.254 e. The Bertz CT molecular complexity index is 346. The Labute approximate surface area is 114 Å². The highest BCUT2D eigenvalue weighted by atomic mass is 35.5. The van der Waals surface area contributed by atoms with Gasteiger partial charge in [0, 0.05) is 19.2 Å². The second kappa shape index (κ2) is 8.91. The molecule has 0 fully saturated rings. The van der Waals surface area contributed by atoms with Gasteiger partial charge in [0.05, 0.1) is 0 Å². The van der Waals surface area contributed by atoms with Gasteiger partial charge in [0.1, 0.15) is 0 Å². The third-order valence-corrected chi connectivity index (χ3v) is 2.42. The maximum absolute atomic E-state index is 12.0. The molecule has 2 atom stereocenters. The first-order valence-corrected chi connectivity index (χ1v) is 5.86. The summed E-state index contributed by atoms with van der Waals surface area (Å²) in [6.45, 7) is 4.64. The second-order valence-electron chi connectivity index (χ2n) is 3.89. The van der Waals surface area contributed by atoms with Crippen LogP contribution in [0.4, 0.5) is 0 Å². The van der Waals surface area contributed by atoms with Crippen LogP contribution in [0.2, 0.25) is 0 Å². The maximum atomic E-state index is 12.0. The minimum absolute atomic E-state index is 0. The van der Waals surface area contributed by atoms with E-state index in [9.17, 15) is 4.79 Å². The first-order valence-electron chi connectivity index (χ1n) is 5.86. The van der Waals surface area contributed by atoms with E-state index in [0.717, 1.165) is 5.56 Å². The fraction of sp³-hybridized carbons (Fsp3) is 0.462. The molecule has 1 amide bonds.